The van der Waals surface area contributed by atoms with E-state index in [0.29, 0.717) is 12.5 Å². The fourth-order valence-corrected chi connectivity index (χ4v) is 2.27. The average Bonchev–Trinajstić information content (AvgIpc) is 2.54. The third-order valence-electron chi connectivity index (χ3n) is 3.54. The molecule has 1 aromatic heterocycles. The van der Waals surface area contributed by atoms with Gasteiger partial charge in [0.1, 0.15) is 11.6 Å². The van der Waals surface area contributed by atoms with Crippen LogP contribution in [0.15, 0.2) is 30.3 Å². The fourth-order valence-electron chi connectivity index (χ4n) is 2.27. The van der Waals surface area contributed by atoms with Gasteiger partial charge in [-0.3, -0.25) is 0 Å². The summed E-state index contributed by atoms with van der Waals surface area (Å²) in [5.74, 6) is 2.49. The van der Waals surface area contributed by atoms with E-state index in [4.69, 9.17) is 4.74 Å². The van der Waals surface area contributed by atoms with Crippen molar-refractivity contribution in [2.24, 2.45) is 0 Å². The number of rotatable bonds is 7. The molecule has 0 unspecified atom stereocenters. The Labute approximate surface area is 132 Å². The van der Waals surface area contributed by atoms with Crippen LogP contribution in [0.5, 0.6) is 5.75 Å². The second kappa shape index (κ2) is 7.64. The summed E-state index contributed by atoms with van der Waals surface area (Å²) < 4.78 is 5.16. The quantitative estimate of drug-likeness (QED) is 0.850. The summed E-state index contributed by atoms with van der Waals surface area (Å²) in [7, 11) is 1.67. The first-order valence-corrected chi connectivity index (χ1v) is 7.63. The molecule has 0 aliphatic rings. The molecular formula is C17H24N4O. The smallest absolute Gasteiger partial charge is 0.225 e. The second-order valence-electron chi connectivity index (χ2n) is 5.07. The van der Waals surface area contributed by atoms with Gasteiger partial charge in [0, 0.05) is 31.4 Å². The zero-order valence-electron chi connectivity index (χ0n) is 13.8. The fraction of sp³-hybridized carbons (Fsp3) is 0.412. The lowest BCUT2D eigenvalue weighted by atomic mass is 10.2. The van der Waals surface area contributed by atoms with Crippen LogP contribution in [-0.4, -0.2) is 30.2 Å². The molecule has 1 aromatic carbocycles. The molecule has 5 heteroatoms. The zero-order chi connectivity index (χ0) is 15.9. The number of benzene rings is 1. The van der Waals surface area contributed by atoms with Crippen molar-refractivity contribution in [2.75, 3.05) is 30.4 Å². The van der Waals surface area contributed by atoms with Crippen LogP contribution in [0.1, 0.15) is 25.1 Å². The monoisotopic (exact) mass is 300 g/mol. The first-order chi connectivity index (χ1) is 10.7. The topological polar surface area (TPSA) is 50.3 Å². The molecule has 5 nitrogen and oxygen atoms in total. The van der Waals surface area contributed by atoms with E-state index in [0.717, 1.165) is 35.9 Å². The second-order valence-corrected chi connectivity index (χ2v) is 5.07. The molecule has 0 aliphatic heterocycles. The number of anilines is 2. The van der Waals surface area contributed by atoms with Gasteiger partial charge in [0.15, 0.2) is 0 Å². The number of aryl methyl sites for hydroxylation is 1. The number of hydrogen-bond acceptors (Lipinski definition) is 5. The molecule has 0 radical (unpaired) electrons. The Hall–Kier alpha value is -2.30. The van der Waals surface area contributed by atoms with E-state index < -0.39 is 0 Å². The van der Waals surface area contributed by atoms with Gasteiger partial charge in [-0.25, -0.2) is 4.98 Å². The first-order valence-electron chi connectivity index (χ1n) is 7.63. The number of nitrogens with zero attached hydrogens (tertiary/aromatic N) is 3. The molecule has 22 heavy (non-hydrogen) atoms. The minimum atomic E-state index is 0.665. The third kappa shape index (κ3) is 4.10. The van der Waals surface area contributed by atoms with Gasteiger partial charge in [0.25, 0.3) is 0 Å². The Morgan fingerprint density at radius 1 is 1.09 bits per heavy atom. The molecule has 0 fully saturated rings. The van der Waals surface area contributed by atoms with Gasteiger partial charge in [-0.2, -0.15) is 4.98 Å². The van der Waals surface area contributed by atoms with Crippen LogP contribution < -0.4 is 15.0 Å². The first kappa shape index (κ1) is 16.1. The molecule has 0 spiro atoms. The zero-order valence-corrected chi connectivity index (χ0v) is 13.8. The minimum absolute atomic E-state index is 0.665. The van der Waals surface area contributed by atoms with Crippen LogP contribution in [0.3, 0.4) is 0 Å². The van der Waals surface area contributed by atoms with Gasteiger partial charge < -0.3 is 15.0 Å². The number of ether oxygens (including phenoxy) is 1. The van der Waals surface area contributed by atoms with Crippen molar-refractivity contribution in [2.45, 2.75) is 27.3 Å². The molecule has 2 aromatic rings. The van der Waals surface area contributed by atoms with E-state index >= 15 is 0 Å². The van der Waals surface area contributed by atoms with E-state index in [-0.39, 0.29) is 0 Å². The predicted octanol–water partition coefficient (Wildman–Crippen LogP) is 3.25. The third-order valence-corrected chi connectivity index (χ3v) is 3.54. The van der Waals surface area contributed by atoms with Crippen molar-refractivity contribution in [3.8, 4) is 5.75 Å². The summed E-state index contributed by atoms with van der Waals surface area (Å²) in [6, 6.07) is 10.00. The lowest BCUT2D eigenvalue weighted by Crippen LogP contribution is -2.23. The highest BCUT2D eigenvalue weighted by atomic mass is 16.5. The van der Waals surface area contributed by atoms with E-state index in [2.05, 4.69) is 34.0 Å². The molecule has 0 saturated heterocycles. The number of hydrogen-bond donors (Lipinski definition) is 1. The van der Waals surface area contributed by atoms with Crippen molar-refractivity contribution >= 4 is 11.8 Å². The molecule has 0 amide bonds. The lowest BCUT2D eigenvalue weighted by molar-refractivity contribution is 0.414. The number of aromatic nitrogens is 2. The highest BCUT2D eigenvalue weighted by Gasteiger charge is 2.07. The van der Waals surface area contributed by atoms with Crippen LogP contribution in [-0.2, 0) is 6.54 Å². The minimum Gasteiger partial charge on any atom is -0.497 e. The van der Waals surface area contributed by atoms with Gasteiger partial charge >= 0.3 is 0 Å². The molecule has 0 bridgehead atoms. The molecule has 118 valence electrons. The predicted molar refractivity (Wildman–Crippen MR) is 90.7 cm³/mol. The number of methoxy groups -OCH3 is 1. The summed E-state index contributed by atoms with van der Waals surface area (Å²) in [6.45, 7) is 8.81. The molecule has 0 saturated carbocycles. The molecule has 0 atom stereocenters. The van der Waals surface area contributed by atoms with Crippen molar-refractivity contribution in [1.82, 2.24) is 9.97 Å². The summed E-state index contributed by atoms with van der Waals surface area (Å²) in [4.78, 5) is 11.3. The van der Waals surface area contributed by atoms with E-state index in [1.165, 1.54) is 0 Å². The van der Waals surface area contributed by atoms with Crippen LogP contribution in [0.2, 0.25) is 0 Å². The average molecular weight is 300 g/mol. The summed E-state index contributed by atoms with van der Waals surface area (Å²) in [5.41, 5.74) is 2.13. The molecular weight excluding hydrogens is 276 g/mol. The van der Waals surface area contributed by atoms with Crippen LogP contribution in [0, 0.1) is 6.92 Å². The SMILES string of the molecule is CCN(CC)c1cc(C)nc(NCc2ccc(OC)cc2)n1. The normalized spacial score (nSPS) is 10.4. The van der Waals surface area contributed by atoms with Crippen LogP contribution >= 0.6 is 0 Å². The van der Waals surface area contributed by atoms with Gasteiger partial charge in [-0.1, -0.05) is 12.1 Å². The molecule has 1 N–H and O–H groups in total. The molecule has 1 heterocycles. The van der Waals surface area contributed by atoms with Crippen molar-refractivity contribution in [3.05, 3.63) is 41.6 Å². The molecule has 0 aliphatic carbocycles. The van der Waals surface area contributed by atoms with Crippen molar-refractivity contribution in [3.63, 3.8) is 0 Å². The highest BCUT2D eigenvalue weighted by molar-refractivity contribution is 5.45. The maximum atomic E-state index is 5.16. The van der Waals surface area contributed by atoms with Gasteiger partial charge in [0.05, 0.1) is 7.11 Å². The van der Waals surface area contributed by atoms with Crippen molar-refractivity contribution < 1.29 is 4.74 Å². The lowest BCUT2D eigenvalue weighted by Gasteiger charge is -2.20. The Bertz CT molecular complexity index is 594. The van der Waals surface area contributed by atoms with E-state index in [9.17, 15) is 0 Å². The summed E-state index contributed by atoms with van der Waals surface area (Å²) in [6.07, 6.45) is 0. The maximum absolute atomic E-state index is 5.16. The van der Waals surface area contributed by atoms with Gasteiger partial charge in [-0.15, -0.1) is 0 Å². The van der Waals surface area contributed by atoms with Crippen LogP contribution in [0.25, 0.3) is 0 Å². The Morgan fingerprint density at radius 3 is 2.36 bits per heavy atom. The Balaban J connectivity index is 2.08. The largest absolute Gasteiger partial charge is 0.497 e. The number of nitrogens with one attached hydrogen (secondary N) is 1. The van der Waals surface area contributed by atoms with Crippen molar-refractivity contribution in [1.29, 1.82) is 0 Å². The highest BCUT2D eigenvalue weighted by Crippen LogP contribution is 2.16. The van der Waals surface area contributed by atoms with E-state index in [1.807, 2.05) is 37.3 Å². The van der Waals surface area contributed by atoms with Crippen LogP contribution in [0.4, 0.5) is 11.8 Å². The summed E-state index contributed by atoms with van der Waals surface area (Å²) in [5, 5.41) is 3.29. The Morgan fingerprint density at radius 2 is 1.77 bits per heavy atom. The molecule has 2 rings (SSSR count). The summed E-state index contributed by atoms with van der Waals surface area (Å²) >= 11 is 0. The standard InChI is InChI=1S/C17H24N4O/c1-5-21(6-2)16-11-13(3)19-17(20-16)18-12-14-7-9-15(22-4)10-8-14/h7-11H,5-6,12H2,1-4H3,(H,18,19,20). The maximum Gasteiger partial charge on any atom is 0.225 e. The van der Waals surface area contributed by atoms with Gasteiger partial charge in [-0.05, 0) is 38.5 Å². The van der Waals surface area contributed by atoms with E-state index in [1.54, 1.807) is 7.11 Å². The van der Waals surface area contributed by atoms with Gasteiger partial charge in [0.2, 0.25) is 5.95 Å². The Kier molecular flexibility index (Phi) is 5.58.